The van der Waals surface area contributed by atoms with E-state index in [2.05, 4.69) is 31.2 Å². The highest BCUT2D eigenvalue weighted by molar-refractivity contribution is 9.10. The molecule has 0 atom stereocenters. The van der Waals surface area contributed by atoms with Gasteiger partial charge in [-0.25, -0.2) is 0 Å². The Balaban J connectivity index is 1.98. The number of pyridine rings is 2. The lowest BCUT2D eigenvalue weighted by atomic mass is 10.1. The molecule has 0 saturated carbocycles. The van der Waals surface area contributed by atoms with Crippen LogP contribution in [0.15, 0.2) is 53.4 Å². The Kier molecular flexibility index (Phi) is 3.86. The number of carbonyl (C=O) groups excluding carboxylic acids is 1. The summed E-state index contributed by atoms with van der Waals surface area (Å²) in [6.45, 7) is 0. The van der Waals surface area contributed by atoms with Gasteiger partial charge in [-0.15, -0.1) is 0 Å². The number of benzene rings is 1. The van der Waals surface area contributed by atoms with E-state index in [4.69, 9.17) is 11.6 Å². The fraction of sp³-hybridized carbons (Fsp3) is 0. The number of nitrogens with one attached hydrogen (secondary N) is 1. The molecule has 0 fully saturated rings. The van der Waals surface area contributed by atoms with Crippen molar-refractivity contribution in [2.45, 2.75) is 0 Å². The predicted molar refractivity (Wildman–Crippen MR) is 86.6 cm³/mol. The maximum atomic E-state index is 12.3. The molecule has 1 amide bonds. The lowest BCUT2D eigenvalue weighted by molar-refractivity contribution is 0.102. The van der Waals surface area contributed by atoms with Gasteiger partial charge in [0.25, 0.3) is 5.91 Å². The zero-order chi connectivity index (χ0) is 14.8. The minimum absolute atomic E-state index is 0.240. The van der Waals surface area contributed by atoms with Crippen molar-refractivity contribution in [3.05, 3.63) is 64.0 Å². The van der Waals surface area contributed by atoms with Crippen LogP contribution in [0, 0.1) is 0 Å². The number of anilines is 1. The van der Waals surface area contributed by atoms with Gasteiger partial charge in [0.2, 0.25) is 0 Å². The summed E-state index contributed by atoms with van der Waals surface area (Å²) in [5, 5.41) is 4.24. The van der Waals surface area contributed by atoms with Gasteiger partial charge in [-0.05, 0) is 46.3 Å². The summed E-state index contributed by atoms with van der Waals surface area (Å²) in [5.41, 5.74) is 1.90. The summed E-state index contributed by atoms with van der Waals surface area (Å²) in [7, 11) is 0. The zero-order valence-corrected chi connectivity index (χ0v) is 13.0. The monoisotopic (exact) mass is 361 g/mol. The lowest BCUT2D eigenvalue weighted by Crippen LogP contribution is -2.12. The molecule has 1 aromatic carbocycles. The molecule has 3 rings (SSSR count). The third kappa shape index (κ3) is 3.04. The van der Waals surface area contributed by atoms with Crippen LogP contribution in [0.4, 0.5) is 5.69 Å². The normalized spacial score (nSPS) is 10.6. The average molecular weight is 363 g/mol. The summed E-state index contributed by atoms with van der Waals surface area (Å²) in [5.74, 6) is -0.240. The topological polar surface area (TPSA) is 54.9 Å². The molecule has 104 valence electrons. The van der Waals surface area contributed by atoms with Gasteiger partial charge in [0, 0.05) is 33.5 Å². The summed E-state index contributed by atoms with van der Waals surface area (Å²) < 4.78 is 0.748. The maximum absolute atomic E-state index is 12.3. The number of amides is 1. The van der Waals surface area contributed by atoms with Crippen LogP contribution in [-0.2, 0) is 0 Å². The van der Waals surface area contributed by atoms with E-state index in [-0.39, 0.29) is 5.91 Å². The third-order valence-electron chi connectivity index (χ3n) is 2.92. The summed E-state index contributed by atoms with van der Waals surface area (Å²) in [6, 6.07) is 8.80. The van der Waals surface area contributed by atoms with E-state index in [9.17, 15) is 4.79 Å². The molecular formula is C15H9BrClN3O. The second-order valence-corrected chi connectivity index (χ2v) is 5.72. The van der Waals surface area contributed by atoms with Crippen LogP contribution in [0.3, 0.4) is 0 Å². The molecule has 6 heteroatoms. The van der Waals surface area contributed by atoms with E-state index in [1.807, 2.05) is 6.07 Å². The first-order valence-electron chi connectivity index (χ1n) is 6.10. The average Bonchev–Trinajstić information content (AvgIpc) is 2.48. The Bertz CT molecular complexity index is 838. The number of carbonyl (C=O) groups is 1. The highest BCUT2D eigenvalue weighted by Crippen LogP contribution is 2.25. The van der Waals surface area contributed by atoms with Crippen LogP contribution in [0.2, 0.25) is 5.02 Å². The fourth-order valence-corrected chi connectivity index (χ4v) is 2.49. The minimum atomic E-state index is -0.240. The van der Waals surface area contributed by atoms with Gasteiger partial charge in [-0.2, -0.15) is 0 Å². The molecule has 21 heavy (non-hydrogen) atoms. The van der Waals surface area contributed by atoms with E-state index < -0.39 is 0 Å². The van der Waals surface area contributed by atoms with Crippen molar-refractivity contribution >= 4 is 50.0 Å². The van der Waals surface area contributed by atoms with Gasteiger partial charge in [0.1, 0.15) is 0 Å². The zero-order valence-electron chi connectivity index (χ0n) is 10.7. The smallest absolute Gasteiger partial charge is 0.257 e. The molecule has 1 N–H and O–H groups in total. The number of fused-ring (bicyclic) bond motifs is 1. The van der Waals surface area contributed by atoms with E-state index >= 15 is 0 Å². The van der Waals surface area contributed by atoms with Crippen LogP contribution in [0.5, 0.6) is 0 Å². The number of hydrogen-bond acceptors (Lipinski definition) is 3. The van der Waals surface area contributed by atoms with Gasteiger partial charge < -0.3 is 5.32 Å². The van der Waals surface area contributed by atoms with E-state index in [1.165, 1.54) is 6.20 Å². The van der Waals surface area contributed by atoms with Gasteiger partial charge in [-0.3, -0.25) is 14.8 Å². The quantitative estimate of drug-likeness (QED) is 0.739. The molecule has 2 heterocycles. The first kappa shape index (κ1) is 14.0. The molecule has 3 aromatic rings. The van der Waals surface area contributed by atoms with Gasteiger partial charge in [0.15, 0.2) is 0 Å². The second-order valence-electron chi connectivity index (χ2n) is 4.37. The van der Waals surface area contributed by atoms with Crippen molar-refractivity contribution in [2.24, 2.45) is 0 Å². The molecule has 0 aliphatic rings. The highest BCUT2D eigenvalue weighted by atomic mass is 79.9. The SMILES string of the molecule is O=C(Nc1ccnc2ccc(Cl)cc12)c1cncc(Br)c1. The fourth-order valence-electron chi connectivity index (χ4n) is 1.96. The molecule has 0 aliphatic carbocycles. The predicted octanol–water partition coefficient (Wildman–Crippen LogP) is 4.30. The lowest BCUT2D eigenvalue weighted by Gasteiger charge is -2.08. The Morgan fingerprint density at radius 2 is 2.05 bits per heavy atom. The van der Waals surface area contributed by atoms with Crippen molar-refractivity contribution in [1.82, 2.24) is 9.97 Å². The number of nitrogens with zero attached hydrogens (tertiary/aromatic N) is 2. The molecule has 0 bridgehead atoms. The van der Waals surface area contributed by atoms with Crippen LogP contribution in [0.25, 0.3) is 10.9 Å². The molecule has 0 unspecified atom stereocenters. The summed E-state index contributed by atoms with van der Waals surface area (Å²) in [4.78, 5) is 20.5. The van der Waals surface area contributed by atoms with E-state index in [0.29, 0.717) is 16.3 Å². The molecule has 0 aliphatic heterocycles. The highest BCUT2D eigenvalue weighted by Gasteiger charge is 2.10. The van der Waals surface area contributed by atoms with Crippen molar-refractivity contribution in [3.8, 4) is 0 Å². The van der Waals surface area contributed by atoms with Gasteiger partial charge in [-0.1, -0.05) is 11.6 Å². The molecule has 0 saturated heterocycles. The van der Waals surface area contributed by atoms with Gasteiger partial charge in [0.05, 0.1) is 16.8 Å². The van der Waals surface area contributed by atoms with Crippen LogP contribution in [0.1, 0.15) is 10.4 Å². The van der Waals surface area contributed by atoms with Crippen LogP contribution < -0.4 is 5.32 Å². The molecule has 0 spiro atoms. The van der Waals surface area contributed by atoms with Crippen molar-refractivity contribution in [3.63, 3.8) is 0 Å². The number of halogens is 2. The largest absolute Gasteiger partial charge is 0.321 e. The summed E-state index contributed by atoms with van der Waals surface area (Å²) >= 11 is 9.30. The molecule has 2 aromatic heterocycles. The van der Waals surface area contributed by atoms with E-state index in [1.54, 1.807) is 36.7 Å². The molecule has 0 radical (unpaired) electrons. The standard InChI is InChI=1S/C15H9BrClN3O/c16-10-5-9(7-18-8-10)15(21)20-14-3-4-19-13-2-1-11(17)6-12(13)14/h1-8H,(H,19,20,21). The number of rotatable bonds is 2. The first-order valence-corrected chi connectivity index (χ1v) is 7.27. The third-order valence-corrected chi connectivity index (χ3v) is 3.59. The Morgan fingerprint density at radius 3 is 2.86 bits per heavy atom. The van der Waals surface area contributed by atoms with Crippen molar-refractivity contribution in [1.29, 1.82) is 0 Å². The Morgan fingerprint density at radius 1 is 1.19 bits per heavy atom. The Labute approximate surface area is 134 Å². The Hall–Kier alpha value is -1.98. The van der Waals surface area contributed by atoms with Crippen LogP contribution >= 0.6 is 27.5 Å². The van der Waals surface area contributed by atoms with Crippen LogP contribution in [-0.4, -0.2) is 15.9 Å². The number of aromatic nitrogens is 2. The van der Waals surface area contributed by atoms with Gasteiger partial charge >= 0.3 is 0 Å². The van der Waals surface area contributed by atoms with Crippen molar-refractivity contribution in [2.75, 3.05) is 5.32 Å². The summed E-state index contributed by atoms with van der Waals surface area (Å²) in [6.07, 6.45) is 4.78. The maximum Gasteiger partial charge on any atom is 0.257 e. The van der Waals surface area contributed by atoms with E-state index in [0.717, 1.165) is 15.4 Å². The second kappa shape index (κ2) is 5.79. The van der Waals surface area contributed by atoms with Crippen molar-refractivity contribution < 1.29 is 4.79 Å². The minimum Gasteiger partial charge on any atom is -0.321 e. The molecular weight excluding hydrogens is 354 g/mol. The number of hydrogen-bond donors (Lipinski definition) is 1. The molecule has 4 nitrogen and oxygen atoms in total. The first-order chi connectivity index (χ1) is 10.1.